The molecule has 2 aromatic heterocycles. The first kappa shape index (κ1) is 13.8. The molecule has 0 radical (unpaired) electrons. The van der Waals surface area contributed by atoms with Crippen molar-refractivity contribution in [3.05, 3.63) is 54.2 Å². The average Bonchev–Trinajstić information content (AvgIpc) is 3.00. The number of fused-ring (bicyclic) bond motifs is 1. The number of rotatable bonds is 5. The predicted molar refractivity (Wildman–Crippen MR) is 85.6 cm³/mol. The minimum absolute atomic E-state index is 0.782. The van der Waals surface area contributed by atoms with Crippen molar-refractivity contribution >= 4 is 10.8 Å². The van der Waals surface area contributed by atoms with Gasteiger partial charge in [-0.1, -0.05) is 38.1 Å². The number of imidazole rings is 1. The van der Waals surface area contributed by atoms with Gasteiger partial charge in [0.2, 0.25) is 0 Å². The van der Waals surface area contributed by atoms with Gasteiger partial charge in [0.25, 0.3) is 0 Å². The summed E-state index contributed by atoms with van der Waals surface area (Å²) in [7, 11) is 0. The van der Waals surface area contributed by atoms with Gasteiger partial charge in [-0.3, -0.25) is 4.57 Å². The lowest BCUT2D eigenvalue weighted by molar-refractivity contribution is 0.708. The topological polar surface area (TPSA) is 42.7 Å². The van der Waals surface area contributed by atoms with Crippen LogP contribution in [0.4, 0.5) is 0 Å². The van der Waals surface area contributed by atoms with Crippen LogP contribution in [-0.4, -0.2) is 21.1 Å². The van der Waals surface area contributed by atoms with Crippen LogP contribution in [-0.2, 0) is 13.0 Å². The Hall–Kier alpha value is -2.20. The highest BCUT2D eigenvalue weighted by molar-refractivity contribution is 5.89. The molecule has 0 aliphatic carbocycles. The van der Waals surface area contributed by atoms with Crippen molar-refractivity contribution in [2.75, 3.05) is 6.54 Å². The zero-order valence-electron chi connectivity index (χ0n) is 12.5. The Morgan fingerprint density at radius 3 is 2.86 bits per heavy atom. The second-order valence-corrected chi connectivity index (χ2v) is 5.01. The molecular weight excluding hydrogens is 260 g/mol. The third-order valence-corrected chi connectivity index (χ3v) is 3.59. The van der Waals surface area contributed by atoms with E-state index in [1.807, 2.05) is 12.4 Å². The lowest BCUT2D eigenvalue weighted by Crippen LogP contribution is -2.14. The number of aryl methyl sites for hydroxylation is 1. The highest BCUT2D eigenvalue weighted by Crippen LogP contribution is 2.23. The van der Waals surface area contributed by atoms with Gasteiger partial charge in [-0.25, -0.2) is 9.97 Å². The lowest BCUT2D eigenvalue weighted by Gasteiger charge is -2.12. The minimum atomic E-state index is 0.782. The number of pyridine rings is 1. The maximum absolute atomic E-state index is 4.85. The normalized spacial score (nSPS) is 11.1. The van der Waals surface area contributed by atoms with E-state index in [0.29, 0.717) is 0 Å². The SMILES string of the molecule is CCNCc1cc2ccccc2c(-n2ccnc2CC)n1. The van der Waals surface area contributed by atoms with Crippen LogP contribution < -0.4 is 5.32 Å². The van der Waals surface area contributed by atoms with E-state index in [2.05, 4.69) is 59.0 Å². The van der Waals surface area contributed by atoms with Crippen LogP contribution in [0.25, 0.3) is 16.6 Å². The summed E-state index contributed by atoms with van der Waals surface area (Å²) in [6.07, 6.45) is 4.72. The number of benzene rings is 1. The minimum Gasteiger partial charge on any atom is -0.311 e. The van der Waals surface area contributed by atoms with E-state index in [1.165, 1.54) is 5.39 Å². The monoisotopic (exact) mass is 280 g/mol. The highest BCUT2D eigenvalue weighted by atomic mass is 15.1. The van der Waals surface area contributed by atoms with Gasteiger partial charge in [-0.15, -0.1) is 0 Å². The van der Waals surface area contributed by atoms with E-state index in [4.69, 9.17) is 4.98 Å². The van der Waals surface area contributed by atoms with Crippen molar-refractivity contribution in [2.45, 2.75) is 26.8 Å². The van der Waals surface area contributed by atoms with E-state index in [0.717, 1.165) is 42.2 Å². The Balaban J connectivity index is 2.19. The Bertz CT molecular complexity index is 745. The zero-order chi connectivity index (χ0) is 14.7. The number of hydrogen-bond acceptors (Lipinski definition) is 3. The predicted octanol–water partition coefficient (Wildman–Crippen LogP) is 3.09. The molecule has 3 aromatic rings. The number of nitrogens with one attached hydrogen (secondary N) is 1. The standard InChI is InChI=1S/C17H20N4/c1-3-16-19-9-10-21(16)17-15-8-6-5-7-13(15)11-14(20-17)12-18-4-2/h5-11,18H,3-4,12H2,1-2H3. The molecular formula is C17H20N4. The van der Waals surface area contributed by atoms with Crippen LogP contribution in [0.2, 0.25) is 0 Å². The first-order chi connectivity index (χ1) is 10.3. The van der Waals surface area contributed by atoms with Crippen molar-refractivity contribution in [3.63, 3.8) is 0 Å². The maximum atomic E-state index is 4.85. The van der Waals surface area contributed by atoms with Gasteiger partial charge in [0.15, 0.2) is 0 Å². The van der Waals surface area contributed by atoms with E-state index in [1.54, 1.807) is 0 Å². The van der Waals surface area contributed by atoms with E-state index in [9.17, 15) is 0 Å². The Labute approximate surface area is 124 Å². The Kier molecular flexibility index (Phi) is 3.97. The summed E-state index contributed by atoms with van der Waals surface area (Å²) in [5, 5.41) is 5.71. The molecule has 0 saturated carbocycles. The highest BCUT2D eigenvalue weighted by Gasteiger charge is 2.10. The van der Waals surface area contributed by atoms with Gasteiger partial charge < -0.3 is 5.32 Å². The molecule has 0 spiro atoms. The second-order valence-electron chi connectivity index (χ2n) is 5.01. The largest absolute Gasteiger partial charge is 0.311 e. The van der Waals surface area contributed by atoms with E-state index >= 15 is 0 Å². The van der Waals surface area contributed by atoms with E-state index < -0.39 is 0 Å². The van der Waals surface area contributed by atoms with Crippen molar-refractivity contribution in [1.82, 2.24) is 19.9 Å². The van der Waals surface area contributed by atoms with Crippen LogP contribution in [0.3, 0.4) is 0 Å². The fourth-order valence-electron chi connectivity index (χ4n) is 2.55. The van der Waals surface area contributed by atoms with E-state index in [-0.39, 0.29) is 0 Å². The van der Waals surface area contributed by atoms with Crippen LogP contribution in [0.15, 0.2) is 42.7 Å². The number of hydrogen-bond donors (Lipinski definition) is 1. The summed E-state index contributed by atoms with van der Waals surface area (Å²) in [4.78, 5) is 9.27. The molecule has 2 heterocycles. The van der Waals surface area contributed by atoms with Crippen LogP contribution in [0.5, 0.6) is 0 Å². The first-order valence-corrected chi connectivity index (χ1v) is 7.45. The third-order valence-electron chi connectivity index (χ3n) is 3.59. The van der Waals surface area contributed by atoms with Gasteiger partial charge >= 0.3 is 0 Å². The van der Waals surface area contributed by atoms with Gasteiger partial charge in [-0.2, -0.15) is 0 Å². The summed E-state index contributed by atoms with van der Waals surface area (Å²) >= 11 is 0. The molecule has 0 unspecified atom stereocenters. The zero-order valence-corrected chi connectivity index (χ0v) is 12.5. The fraction of sp³-hybridized carbons (Fsp3) is 0.294. The van der Waals surface area contributed by atoms with Crippen molar-refractivity contribution in [1.29, 1.82) is 0 Å². The molecule has 0 atom stereocenters. The molecule has 4 nitrogen and oxygen atoms in total. The molecule has 1 aromatic carbocycles. The number of nitrogens with zero attached hydrogens (tertiary/aromatic N) is 3. The Morgan fingerprint density at radius 2 is 2.05 bits per heavy atom. The van der Waals surface area contributed by atoms with Gasteiger partial charge in [0, 0.05) is 30.7 Å². The summed E-state index contributed by atoms with van der Waals surface area (Å²) in [5.41, 5.74) is 1.06. The average molecular weight is 280 g/mol. The summed E-state index contributed by atoms with van der Waals surface area (Å²) < 4.78 is 2.10. The third kappa shape index (κ3) is 2.67. The molecule has 108 valence electrons. The van der Waals surface area contributed by atoms with Crippen LogP contribution in [0, 0.1) is 0 Å². The van der Waals surface area contributed by atoms with Gasteiger partial charge in [0.1, 0.15) is 11.6 Å². The molecule has 21 heavy (non-hydrogen) atoms. The summed E-state index contributed by atoms with van der Waals surface area (Å²) in [6, 6.07) is 10.5. The van der Waals surface area contributed by atoms with Crippen molar-refractivity contribution in [2.24, 2.45) is 0 Å². The molecule has 4 heteroatoms. The van der Waals surface area contributed by atoms with Crippen molar-refractivity contribution in [3.8, 4) is 5.82 Å². The fourth-order valence-corrected chi connectivity index (χ4v) is 2.55. The molecule has 0 bridgehead atoms. The maximum Gasteiger partial charge on any atom is 0.146 e. The number of aromatic nitrogens is 3. The summed E-state index contributed by atoms with van der Waals surface area (Å²) in [6.45, 7) is 5.94. The molecule has 0 fully saturated rings. The van der Waals surface area contributed by atoms with Crippen molar-refractivity contribution < 1.29 is 0 Å². The molecule has 0 amide bonds. The molecule has 0 saturated heterocycles. The molecule has 1 N–H and O–H groups in total. The van der Waals surface area contributed by atoms with Gasteiger partial charge in [-0.05, 0) is 18.0 Å². The van der Waals surface area contributed by atoms with Gasteiger partial charge in [0.05, 0.1) is 5.69 Å². The second kappa shape index (κ2) is 6.06. The molecule has 3 rings (SSSR count). The van der Waals surface area contributed by atoms with Crippen LogP contribution in [0.1, 0.15) is 25.4 Å². The smallest absolute Gasteiger partial charge is 0.146 e. The Morgan fingerprint density at radius 1 is 1.19 bits per heavy atom. The summed E-state index contributed by atoms with van der Waals surface area (Å²) in [5.74, 6) is 2.00. The first-order valence-electron chi connectivity index (χ1n) is 7.45. The molecule has 0 aliphatic rings. The molecule has 0 aliphatic heterocycles. The lowest BCUT2D eigenvalue weighted by atomic mass is 10.1. The van der Waals surface area contributed by atoms with Crippen LogP contribution >= 0.6 is 0 Å². The quantitative estimate of drug-likeness (QED) is 0.781.